The quantitative estimate of drug-likeness (QED) is 0.210. The zero-order valence-corrected chi connectivity index (χ0v) is 21.6. The summed E-state index contributed by atoms with van der Waals surface area (Å²) in [5.41, 5.74) is 0.216. The van der Waals surface area contributed by atoms with Gasteiger partial charge in [-0.25, -0.2) is 13.2 Å². The van der Waals surface area contributed by atoms with Gasteiger partial charge in [-0.2, -0.15) is 13.2 Å². The summed E-state index contributed by atoms with van der Waals surface area (Å²) in [6.07, 6.45) is -4.48. The van der Waals surface area contributed by atoms with Gasteiger partial charge < -0.3 is 9.15 Å². The van der Waals surface area contributed by atoms with Crippen LogP contribution in [0.2, 0.25) is 0 Å². The average molecular weight is 566 g/mol. The molecule has 0 unspecified atom stereocenters. The maximum Gasteiger partial charge on any atom is 0.417 e. The Hall–Kier alpha value is -4.57. The minimum absolute atomic E-state index is 0.0199. The molecule has 0 fully saturated rings. The van der Waals surface area contributed by atoms with E-state index < -0.39 is 27.4 Å². The van der Waals surface area contributed by atoms with Crippen LogP contribution < -0.4 is 15.1 Å². The highest BCUT2D eigenvalue weighted by Crippen LogP contribution is 2.34. The number of sulfonamides is 1. The van der Waals surface area contributed by atoms with Crippen LogP contribution in [-0.4, -0.2) is 8.42 Å². The highest BCUT2D eigenvalue weighted by atomic mass is 32.2. The molecule has 0 atom stereocenters. The molecule has 10 heteroatoms. The second-order valence-corrected chi connectivity index (χ2v) is 10.7. The predicted molar refractivity (Wildman–Crippen MR) is 145 cm³/mol. The number of fused-ring (bicyclic) bond motifs is 1. The van der Waals surface area contributed by atoms with E-state index in [4.69, 9.17) is 9.15 Å². The third kappa shape index (κ3) is 6.35. The lowest BCUT2D eigenvalue weighted by Crippen LogP contribution is -2.13. The van der Waals surface area contributed by atoms with E-state index in [1.165, 1.54) is 24.3 Å². The van der Waals surface area contributed by atoms with Gasteiger partial charge in [0.2, 0.25) is 0 Å². The van der Waals surface area contributed by atoms with Crippen molar-refractivity contribution in [3.05, 3.63) is 136 Å². The molecule has 0 amide bonds. The number of hydrogen-bond donors (Lipinski definition) is 1. The van der Waals surface area contributed by atoms with Gasteiger partial charge in [-0.05, 0) is 59.5 Å². The molecule has 1 heterocycles. The smallest absolute Gasteiger partial charge is 0.417 e. The maximum absolute atomic E-state index is 13.4. The Morgan fingerprint density at radius 3 is 2.23 bits per heavy atom. The third-order valence-corrected chi connectivity index (χ3v) is 7.49. The second kappa shape index (κ2) is 10.9. The Balaban J connectivity index is 1.29. The largest absolute Gasteiger partial charge is 0.489 e. The Labute approximate surface area is 227 Å². The first kappa shape index (κ1) is 27.0. The van der Waals surface area contributed by atoms with Crippen molar-refractivity contribution in [3.63, 3.8) is 0 Å². The van der Waals surface area contributed by atoms with Crippen LogP contribution in [0, 0.1) is 0 Å². The lowest BCUT2D eigenvalue weighted by atomic mass is 10.0. The number of anilines is 1. The van der Waals surface area contributed by atoms with Gasteiger partial charge in [-0.1, -0.05) is 54.6 Å². The van der Waals surface area contributed by atoms with E-state index in [-0.39, 0.29) is 22.3 Å². The Morgan fingerprint density at radius 2 is 1.50 bits per heavy atom. The van der Waals surface area contributed by atoms with Crippen LogP contribution in [0.4, 0.5) is 18.9 Å². The summed E-state index contributed by atoms with van der Waals surface area (Å²) in [4.78, 5) is 11.5. The van der Waals surface area contributed by atoms with Crippen molar-refractivity contribution in [2.75, 3.05) is 4.72 Å². The van der Waals surface area contributed by atoms with Gasteiger partial charge in [0, 0.05) is 17.5 Å². The highest BCUT2D eigenvalue weighted by molar-refractivity contribution is 7.92. The van der Waals surface area contributed by atoms with E-state index in [1.807, 2.05) is 30.3 Å². The van der Waals surface area contributed by atoms with Crippen LogP contribution in [0.1, 0.15) is 22.3 Å². The normalized spacial score (nSPS) is 11.9. The van der Waals surface area contributed by atoms with E-state index in [9.17, 15) is 26.4 Å². The van der Waals surface area contributed by atoms with Crippen LogP contribution in [0.15, 0.2) is 117 Å². The molecule has 1 aromatic heterocycles. The monoisotopic (exact) mass is 565 g/mol. The van der Waals surface area contributed by atoms with Gasteiger partial charge in [-0.15, -0.1) is 0 Å². The molecule has 0 aliphatic rings. The minimum Gasteiger partial charge on any atom is -0.489 e. The number of rotatable bonds is 8. The van der Waals surface area contributed by atoms with E-state index in [0.29, 0.717) is 35.2 Å². The fourth-order valence-electron chi connectivity index (χ4n) is 4.18. The highest BCUT2D eigenvalue weighted by Gasteiger charge is 2.33. The first-order chi connectivity index (χ1) is 19.1. The molecule has 204 valence electrons. The van der Waals surface area contributed by atoms with Crippen LogP contribution in [-0.2, 0) is 29.2 Å². The third-order valence-electron chi connectivity index (χ3n) is 6.09. The molecule has 0 bridgehead atoms. The van der Waals surface area contributed by atoms with Crippen LogP contribution in [0.25, 0.3) is 11.0 Å². The second-order valence-electron chi connectivity index (χ2n) is 9.04. The van der Waals surface area contributed by atoms with Crippen molar-refractivity contribution in [1.29, 1.82) is 0 Å². The van der Waals surface area contributed by atoms with Gasteiger partial charge >= 0.3 is 11.8 Å². The van der Waals surface area contributed by atoms with E-state index in [0.717, 1.165) is 5.56 Å². The van der Waals surface area contributed by atoms with Crippen molar-refractivity contribution in [2.24, 2.45) is 0 Å². The standard InChI is InChI=1S/C30H22F3NO5S/c31-30(32,33)27-18-29(35)39-28-14-11-22(16-26(27)28)15-20-9-12-25(13-10-20)40(36,37)34-23-7-4-8-24(17-23)38-19-21-5-2-1-3-6-21/h1-14,16-18,34H,15,19H2. The van der Waals surface area contributed by atoms with Crippen molar-refractivity contribution in [2.45, 2.75) is 24.1 Å². The van der Waals surface area contributed by atoms with Crippen LogP contribution in [0.5, 0.6) is 5.75 Å². The number of ether oxygens (including phenoxy) is 1. The lowest BCUT2D eigenvalue weighted by Gasteiger charge is -2.12. The molecular formula is C30H22F3NO5S. The van der Waals surface area contributed by atoms with Crippen molar-refractivity contribution in [1.82, 2.24) is 0 Å². The molecule has 0 spiro atoms. The molecule has 5 rings (SSSR count). The topological polar surface area (TPSA) is 85.6 Å². The first-order valence-electron chi connectivity index (χ1n) is 12.1. The summed E-state index contributed by atoms with van der Waals surface area (Å²) in [7, 11) is -3.91. The summed E-state index contributed by atoms with van der Waals surface area (Å²) >= 11 is 0. The molecule has 0 aliphatic heterocycles. The van der Waals surface area contributed by atoms with Gasteiger partial charge in [0.25, 0.3) is 10.0 Å². The molecule has 0 aliphatic carbocycles. The zero-order chi connectivity index (χ0) is 28.3. The van der Waals surface area contributed by atoms with E-state index in [1.54, 1.807) is 42.5 Å². The summed E-state index contributed by atoms with van der Waals surface area (Å²) in [5, 5.41) is -0.219. The number of alkyl halides is 3. The molecule has 6 nitrogen and oxygen atoms in total. The Bertz CT molecular complexity index is 1820. The Kier molecular flexibility index (Phi) is 7.36. The number of nitrogens with one attached hydrogen (secondary N) is 1. The number of hydrogen-bond acceptors (Lipinski definition) is 5. The fraction of sp³-hybridized carbons (Fsp3) is 0.100. The maximum atomic E-state index is 13.4. The van der Waals surface area contributed by atoms with E-state index >= 15 is 0 Å². The van der Waals surface area contributed by atoms with Crippen LogP contribution in [0.3, 0.4) is 0 Å². The van der Waals surface area contributed by atoms with Gasteiger partial charge in [0.05, 0.1) is 16.1 Å². The molecule has 0 saturated carbocycles. The SMILES string of the molecule is O=c1cc(C(F)(F)F)c2cc(Cc3ccc(S(=O)(=O)Nc4cccc(OCc5ccccc5)c4)cc3)ccc2o1. The zero-order valence-electron chi connectivity index (χ0n) is 20.8. The Morgan fingerprint density at radius 1 is 0.775 bits per heavy atom. The van der Waals surface area contributed by atoms with E-state index in [2.05, 4.69) is 4.72 Å². The molecule has 4 aromatic carbocycles. The van der Waals surface area contributed by atoms with Gasteiger partial charge in [-0.3, -0.25) is 4.72 Å². The first-order valence-corrected chi connectivity index (χ1v) is 13.6. The number of halogens is 3. The lowest BCUT2D eigenvalue weighted by molar-refractivity contribution is -0.136. The van der Waals surface area contributed by atoms with Crippen molar-refractivity contribution in [3.8, 4) is 5.75 Å². The average Bonchev–Trinajstić information content (AvgIpc) is 2.92. The van der Waals surface area contributed by atoms with Crippen LogP contribution >= 0.6 is 0 Å². The fourth-order valence-corrected chi connectivity index (χ4v) is 5.23. The molecular weight excluding hydrogens is 543 g/mol. The number of benzene rings is 4. The summed E-state index contributed by atoms with van der Waals surface area (Å²) in [5.74, 6) is 0.503. The van der Waals surface area contributed by atoms with Gasteiger partial charge in [0.1, 0.15) is 17.9 Å². The molecule has 1 N–H and O–H groups in total. The minimum atomic E-state index is -4.72. The molecule has 0 saturated heterocycles. The van der Waals surface area contributed by atoms with Crippen molar-refractivity contribution < 1.29 is 30.7 Å². The predicted octanol–water partition coefficient (Wildman–Crippen LogP) is 6.78. The van der Waals surface area contributed by atoms with Crippen molar-refractivity contribution >= 4 is 26.7 Å². The van der Waals surface area contributed by atoms with Gasteiger partial charge in [0.15, 0.2) is 0 Å². The molecule has 0 radical (unpaired) electrons. The summed E-state index contributed by atoms with van der Waals surface area (Å²) in [6.45, 7) is 0.335. The summed E-state index contributed by atoms with van der Waals surface area (Å²) < 4.78 is 79.5. The molecule has 5 aromatic rings. The summed E-state index contributed by atoms with van der Waals surface area (Å²) in [6, 6.07) is 26.8. The molecule has 40 heavy (non-hydrogen) atoms.